The Hall–Kier alpha value is -0.870. The maximum Gasteiger partial charge on any atom is 0.224 e. The van der Waals surface area contributed by atoms with E-state index in [0.717, 1.165) is 28.7 Å². The van der Waals surface area contributed by atoms with Gasteiger partial charge in [-0.3, -0.25) is 4.79 Å². The van der Waals surface area contributed by atoms with Crippen LogP contribution in [0.5, 0.6) is 0 Å². The average Bonchev–Trinajstić information content (AvgIpc) is 2.25. The highest BCUT2D eigenvalue weighted by molar-refractivity contribution is 9.10. The van der Waals surface area contributed by atoms with Gasteiger partial charge in [-0.05, 0) is 54.5 Å². The molecule has 0 unspecified atom stereocenters. The highest BCUT2D eigenvalue weighted by Gasteiger charge is 2.06. The molecule has 0 bridgehead atoms. The molecule has 0 saturated carbocycles. The molecule has 0 fully saturated rings. The predicted molar refractivity (Wildman–Crippen MR) is 70.7 cm³/mol. The molecule has 0 aliphatic heterocycles. The van der Waals surface area contributed by atoms with Crippen LogP contribution in [-0.2, 0) is 4.79 Å². The minimum atomic E-state index is 0.0570. The second-order valence-corrected chi connectivity index (χ2v) is 4.48. The lowest BCUT2D eigenvalue weighted by Gasteiger charge is -2.08. The number of nitrogens with one attached hydrogen (secondary N) is 2. The molecule has 1 aromatic carbocycles. The highest BCUT2D eigenvalue weighted by Crippen LogP contribution is 2.25. The van der Waals surface area contributed by atoms with Crippen LogP contribution in [0.25, 0.3) is 0 Å². The molecule has 0 saturated heterocycles. The van der Waals surface area contributed by atoms with Gasteiger partial charge in [-0.25, -0.2) is 0 Å². The van der Waals surface area contributed by atoms with Crippen LogP contribution in [0, 0.1) is 6.92 Å². The Morgan fingerprint density at radius 3 is 2.88 bits per heavy atom. The molecule has 16 heavy (non-hydrogen) atoms. The fraction of sp³-hybridized carbons (Fsp3) is 0.417. The van der Waals surface area contributed by atoms with Crippen LogP contribution >= 0.6 is 15.9 Å². The lowest BCUT2D eigenvalue weighted by Crippen LogP contribution is -2.15. The Labute approximate surface area is 105 Å². The summed E-state index contributed by atoms with van der Waals surface area (Å²) in [5.74, 6) is 0.0570. The number of benzene rings is 1. The predicted octanol–water partition coefficient (Wildman–Crippen LogP) is 2.70. The second-order valence-electron chi connectivity index (χ2n) is 3.69. The number of carbonyl (C=O) groups excluding carboxylic acids is 1. The SMILES string of the molecule is CNCCCC(=O)Nc1cccc(C)c1Br. The van der Waals surface area contributed by atoms with Crippen molar-refractivity contribution in [3.63, 3.8) is 0 Å². The van der Waals surface area contributed by atoms with E-state index in [1.54, 1.807) is 0 Å². The Kier molecular flexibility index (Phi) is 5.49. The van der Waals surface area contributed by atoms with Crippen molar-refractivity contribution in [2.75, 3.05) is 18.9 Å². The van der Waals surface area contributed by atoms with Gasteiger partial charge in [0.2, 0.25) is 5.91 Å². The van der Waals surface area contributed by atoms with Gasteiger partial charge < -0.3 is 10.6 Å². The number of carbonyl (C=O) groups is 1. The van der Waals surface area contributed by atoms with E-state index < -0.39 is 0 Å². The van der Waals surface area contributed by atoms with Crippen molar-refractivity contribution in [3.05, 3.63) is 28.2 Å². The topological polar surface area (TPSA) is 41.1 Å². The Bertz CT molecular complexity index is 366. The second kappa shape index (κ2) is 6.66. The minimum absolute atomic E-state index is 0.0570. The number of rotatable bonds is 5. The first-order chi connectivity index (χ1) is 7.65. The molecule has 1 aromatic rings. The molecular weight excluding hydrogens is 268 g/mol. The van der Waals surface area contributed by atoms with E-state index in [-0.39, 0.29) is 5.91 Å². The van der Waals surface area contributed by atoms with Crippen LogP contribution in [0.4, 0.5) is 5.69 Å². The monoisotopic (exact) mass is 284 g/mol. The zero-order chi connectivity index (χ0) is 12.0. The van der Waals surface area contributed by atoms with E-state index in [9.17, 15) is 4.79 Å². The van der Waals surface area contributed by atoms with Gasteiger partial charge in [0.05, 0.1) is 5.69 Å². The van der Waals surface area contributed by atoms with Crippen LogP contribution in [0.3, 0.4) is 0 Å². The van der Waals surface area contributed by atoms with E-state index >= 15 is 0 Å². The van der Waals surface area contributed by atoms with Gasteiger partial charge in [0, 0.05) is 10.9 Å². The summed E-state index contributed by atoms with van der Waals surface area (Å²) in [6, 6.07) is 5.83. The summed E-state index contributed by atoms with van der Waals surface area (Å²) in [5.41, 5.74) is 1.96. The van der Waals surface area contributed by atoms with Crippen molar-refractivity contribution >= 4 is 27.5 Å². The van der Waals surface area contributed by atoms with Crippen LogP contribution < -0.4 is 10.6 Å². The van der Waals surface area contributed by atoms with E-state index in [1.807, 2.05) is 32.2 Å². The normalized spacial score (nSPS) is 10.2. The molecule has 0 spiro atoms. The van der Waals surface area contributed by atoms with E-state index in [0.29, 0.717) is 6.42 Å². The number of hydrogen-bond donors (Lipinski definition) is 2. The molecule has 0 radical (unpaired) electrons. The molecule has 1 rings (SSSR count). The zero-order valence-electron chi connectivity index (χ0n) is 9.64. The van der Waals surface area contributed by atoms with Crippen molar-refractivity contribution in [2.24, 2.45) is 0 Å². The molecule has 3 nitrogen and oxygen atoms in total. The number of amides is 1. The van der Waals surface area contributed by atoms with Gasteiger partial charge in [0.15, 0.2) is 0 Å². The summed E-state index contributed by atoms with van der Waals surface area (Å²) in [6.07, 6.45) is 1.40. The van der Waals surface area contributed by atoms with Crippen molar-refractivity contribution in [3.8, 4) is 0 Å². The molecule has 1 amide bonds. The van der Waals surface area contributed by atoms with Crippen molar-refractivity contribution in [2.45, 2.75) is 19.8 Å². The summed E-state index contributed by atoms with van der Waals surface area (Å²) in [7, 11) is 1.88. The number of aryl methyl sites for hydroxylation is 1. The third-order valence-electron chi connectivity index (χ3n) is 2.30. The minimum Gasteiger partial charge on any atom is -0.325 e. The molecule has 88 valence electrons. The number of anilines is 1. The molecule has 0 atom stereocenters. The Morgan fingerprint density at radius 2 is 2.19 bits per heavy atom. The largest absolute Gasteiger partial charge is 0.325 e. The smallest absolute Gasteiger partial charge is 0.224 e. The molecule has 0 aliphatic rings. The molecule has 0 heterocycles. The first kappa shape index (κ1) is 13.2. The molecule has 2 N–H and O–H groups in total. The summed E-state index contributed by atoms with van der Waals surface area (Å²) in [6.45, 7) is 2.86. The summed E-state index contributed by atoms with van der Waals surface area (Å²) in [5, 5.41) is 5.91. The summed E-state index contributed by atoms with van der Waals surface area (Å²) < 4.78 is 0.956. The van der Waals surface area contributed by atoms with Crippen LogP contribution in [0.15, 0.2) is 22.7 Å². The highest BCUT2D eigenvalue weighted by atomic mass is 79.9. The molecule has 4 heteroatoms. The van der Waals surface area contributed by atoms with Crippen molar-refractivity contribution in [1.82, 2.24) is 5.32 Å². The van der Waals surface area contributed by atoms with Crippen molar-refractivity contribution in [1.29, 1.82) is 0 Å². The summed E-state index contributed by atoms with van der Waals surface area (Å²) in [4.78, 5) is 11.6. The number of hydrogen-bond acceptors (Lipinski definition) is 2. The van der Waals surface area contributed by atoms with E-state index in [2.05, 4.69) is 26.6 Å². The molecule has 0 aliphatic carbocycles. The van der Waals surface area contributed by atoms with Gasteiger partial charge >= 0.3 is 0 Å². The van der Waals surface area contributed by atoms with Crippen molar-refractivity contribution < 1.29 is 4.79 Å². The maximum atomic E-state index is 11.6. The van der Waals surface area contributed by atoms with Crippen LogP contribution in [-0.4, -0.2) is 19.5 Å². The van der Waals surface area contributed by atoms with Gasteiger partial charge in [-0.1, -0.05) is 12.1 Å². The van der Waals surface area contributed by atoms with E-state index in [4.69, 9.17) is 0 Å². The molecule has 0 aromatic heterocycles. The van der Waals surface area contributed by atoms with Crippen LogP contribution in [0.2, 0.25) is 0 Å². The number of halogens is 1. The fourth-order valence-electron chi connectivity index (χ4n) is 1.38. The lowest BCUT2D eigenvalue weighted by atomic mass is 10.2. The fourth-order valence-corrected chi connectivity index (χ4v) is 1.75. The lowest BCUT2D eigenvalue weighted by molar-refractivity contribution is -0.116. The van der Waals surface area contributed by atoms with Crippen LogP contribution in [0.1, 0.15) is 18.4 Å². The summed E-state index contributed by atoms with van der Waals surface area (Å²) >= 11 is 3.46. The average molecular weight is 285 g/mol. The third-order valence-corrected chi connectivity index (χ3v) is 3.35. The standard InChI is InChI=1S/C12H17BrN2O/c1-9-5-3-6-10(12(9)13)15-11(16)7-4-8-14-2/h3,5-6,14H,4,7-8H2,1-2H3,(H,15,16). The van der Waals surface area contributed by atoms with Gasteiger partial charge in [-0.15, -0.1) is 0 Å². The van der Waals surface area contributed by atoms with Gasteiger partial charge in [0.1, 0.15) is 0 Å². The third kappa shape index (κ3) is 3.94. The Morgan fingerprint density at radius 1 is 1.44 bits per heavy atom. The maximum absolute atomic E-state index is 11.6. The first-order valence-corrected chi connectivity index (χ1v) is 6.14. The zero-order valence-corrected chi connectivity index (χ0v) is 11.2. The molecular formula is C12H17BrN2O. The van der Waals surface area contributed by atoms with Gasteiger partial charge in [0.25, 0.3) is 0 Å². The Balaban J connectivity index is 2.53. The first-order valence-electron chi connectivity index (χ1n) is 5.34. The van der Waals surface area contributed by atoms with E-state index in [1.165, 1.54) is 0 Å². The van der Waals surface area contributed by atoms with Gasteiger partial charge in [-0.2, -0.15) is 0 Å². The quantitative estimate of drug-likeness (QED) is 0.817.